The van der Waals surface area contributed by atoms with Crippen LogP contribution in [0.5, 0.6) is 0 Å². The van der Waals surface area contributed by atoms with E-state index in [1.807, 2.05) is 12.1 Å². The number of fused-ring (bicyclic) bond motifs is 1. The van der Waals surface area contributed by atoms with Crippen molar-refractivity contribution in [1.29, 1.82) is 0 Å². The van der Waals surface area contributed by atoms with E-state index in [1.165, 1.54) is 5.69 Å². The fraction of sp³-hybridized carbons (Fsp3) is 0.250. The first-order valence-electron chi connectivity index (χ1n) is 7.52. The van der Waals surface area contributed by atoms with Crippen molar-refractivity contribution >= 4 is 22.7 Å². The van der Waals surface area contributed by atoms with Crippen molar-refractivity contribution in [2.45, 2.75) is 0 Å². The molecule has 3 heterocycles. The number of rotatable bonds is 2. The number of benzene rings is 1. The van der Waals surface area contributed by atoms with Crippen molar-refractivity contribution < 1.29 is 4.74 Å². The second-order valence-electron chi connectivity index (χ2n) is 5.54. The number of morpholine rings is 1. The van der Waals surface area contributed by atoms with Crippen molar-refractivity contribution in [3.63, 3.8) is 0 Å². The molecule has 4 N–H and O–H groups in total. The molecule has 0 spiro atoms. The SMILES string of the molecule is Nc1nc2[nH]c(-c3ccc(N4CCOCC4)cc3)cc2c(=O)[nH]1. The van der Waals surface area contributed by atoms with Gasteiger partial charge in [-0.1, -0.05) is 12.1 Å². The van der Waals surface area contributed by atoms with E-state index < -0.39 is 0 Å². The van der Waals surface area contributed by atoms with Gasteiger partial charge < -0.3 is 20.4 Å². The third kappa shape index (κ3) is 2.55. The lowest BCUT2D eigenvalue weighted by Crippen LogP contribution is -2.36. The lowest BCUT2D eigenvalue weighted by molar-refractivity contribution is 0.122. The molecular weight excluding hydrogens is 294 g/mol. The lowest BCUT2D eigenvalue weighted by Gasteiger charge is -2.28. The maximum atomic E-state index is 11.9. The lowest BCUT2D eigenvalue weighted by atomic mass is 10.1. The number of ether oxygens (including phenoxy) is 1. The average molecular weight is 311 g/mol. The molecule has 7 nitrogen and oxygen atoms in total. The molecule has 1 aromatic carbocycles. The van der Waals surface area contributed by atoms with E-state index in [2.05, 4.69) is 32.0 Å². The predicted octanol–water partition coefficient (Wildman–Crippen LogP) is 1.34. The molecule has 23 heavy (non-hydrogen) atoms. The van der Waals surface area contributed by atoms with Crippen LogP contribution in [0.3, 0.4) is 0 Å². The molecule has 0 radical (unpaired) electrons. The fourth-order valence-corrected chi connectivity index (χ4v) is 2.87. The quantitative estimate of drug-likeness (QED) is 0.663. The van der Waals surface area contributed by atoms with Crippen LogP contribution in [0.4, 0.5) is 11.6 Å². The summed E-state index contributed by atoms with van der Waals surface area (Å²) in [5, 5.41) is 0.506. The second kappa shape index (κ2) is 5.44. The number of hydrogen-bond acceptors (Lipinski definition) is 5. The molecule has 1 saturated heterocycles. The van der Waals surface area contributed by atoms with Crippen molar-refractivity contribution in [2.75, 3.05) is 36.9 Å². The third-order valence-electron chi connectivity index (χ3n) is 4.07. The summed E-state index contributed by atoms with van der Waals surface area (Å²) in [7, 11) is 0. The van der Waals surface area contributed by atoms with Crippen LogP contribution in [0.25, 0.3) is 22.3 Å². The smallest absolute Gasteiger partial charge is 0.261 e. The van der Waals surface area contributed by atoms with E-state index in [0.717, 1.165) is 37.6 Å². The van der Waals surface area contributed by atoms with E-state index >= 15 is 0 Å². The Morgan fingerprint density at radius 2 is 1.87 bits per heavy atom. The summed E-state index contributed by atoms with van der Waals surface area (Å²) in [4.78, 5) is 24.0. The van der Waals surface area contributed by atoms with Gasteiger partial charge in [-0.25, -0.2) is 0 Å². The van der Waals surface area contributed by atoms with Crippen LogP contribution in [0, 0.1) is 0 Å². The van der Waals surface area contributed by atoms with E-state index in [0.29, 0.717) is 11.0 Å². The number of anilines is 2. The van der Waals surface area contributed by atoms with E-state index in [1.54, 1.807) is 6.07 Å². The molecule has 7 heteroatoms. The number of nitrogen functional groups attached to an aromatic ring is 1. The highest BCUT2D eigenvalue weighted by Crippen LogP contribution is 2.25. The normalized spacial score (nSPS) is 15.2. The van der Waals surface area contributed by atoms with E-state index in [4.69, 9.17) is 10.5 Å². The van der Waals surface area contributed by atoms with Gasteiger partial charge in [-0.15, -0.1) is 0 Å². The summed E-state index contributed by atoms with van der Waals surface area (Å²) in [6.07, 6.45) is 0. The summed E-state index contributed by atoms with van der Waals surface area (Å²) < 4.78 is 5.37. The standard InChI is InChI=1S/C16H17N5O2/c17-16-19-14-12(15(22)20-16)9-13(18-14)10-1-3-11(4-2-10)21-5-7-23-8-6-21/h1-4,9H,5-8H2,(H4,17,18,19,20,22). The number of nitrogens with zero attached hydrogens (tertiary/aromatic N) is 2. The molecule has 118 valence electrons. The molecule has 0 amide bonds. The molecule has 0 unspecified atom stereocenters. The zero-order valence-electron chi connectivity index (χ0n) is 12.5. The van der Waals surface area contributed by atoms with Crippen LogP contribution in [0.1, 0.15) is 0 Å². The zero-order chi connectivity index (χ0) is 15.8. The molecular formula is C16H17N5O2. The molecule has 1 aliphatic heterocycles. The molecule has 1 fully saturated rings. The summed E-state index contributed by atoms with van der Waals surface area (Å²) in [5.41, 5.74) is 8.85. The van der Waals surface area contributed by atoms with Gasteiger partial charge in [-0.2, -0.15) is 4.98 Å². The Hall–Kier alpha value is -2.80. The number of aromatic nitrogens is 3. The first-order chi connectivity index (χ1) is 11.2. The Kier molecular flexibility index (Phi) is 3.27. The monoisotopic (exact) mass is 311 g/mol. The van der Waals surface area contributed by atoms with Crippen molar-refractivity contribution in [2.24, 2.45) is 0 Å². The molecule has 2 aromatic heterocycles. The topological polar surface area (TPSA) is 100 Å². The van der Waals surface area contributed by atoms with Crippen LogP contribution in [0.2, 0.25) is 0 Å². The first kappa shape index (κ1) is 13.8. The molecule has 0 atom stereocenters. The van der Waals surface area contributed by atoms with Crippen LogP contribution >= 0.6 is 0 Å². The highest BCUT2D eigenvalue weighted by atomic mass is 16.5. The highest BCUT2D eigenvalue weighted by molar-refractivity contribution is 5.83. The highest BCUT2D eigenvalue weighted by Gasteiger charge is 2.12. The molecule has 0 aliphatic carbocycles. The minimum Gasteiger partial charge on any atom is -0.378 e. The maximum absolute atomic E-state index is 11.9. The van der Waals surface area contributed by atoms with Crippen LogP contribution < -0.4 is 16.2 Å². The Labute approximate surface area is 132 Å². The molecule has 3 aromatic rings. The number of hydrogen-bond donors (Lipinski definition) is 3. The van der Waals surface area contributed by atoms with Gasteiger partial charge in [-0.05, 0) is 23.8 Å². The summed E-state index contributed by atoms with van der Waals surface area (Å²) in [6.45, 7) is 3.34. The summed E-state index contributed by atoms with van der Waals surface area (Å²) >= 11 is 0. The van der Waals surface area contributed by atoms with Crippen molar-refractivity contribution in [1.82, 2.24) is 15.0 Å². The van der Waals surface area contributed by atoms with Crippen molar-refractivity contribution in [3.8, 4) is 11.3 Å². The Balaban J connectivity index is 1.67. The second-order valence-corrected chi connectivity index (χ2v) is 5.54. The Morgan fingerprint density at radius 1 is 1.13 bits per heavy atom. The van der Waals surface area contributed by atoms with Crippen LogP contribution in [-0.2, 0) is 4.74 Å². The van der Waals surface area contributed by atoms with Gasteiger partial charge in [0.05, 0.1) is 18.6 Å². The number of nitrogens with one attached hydrogen (secondary N) is 2. The van der Waals surface area contributed by atoms with Gasteiger partial charge in [-0.3, -0.25) is 9.78 Å². The third-order valence-corrected chi connectivity index (χ3v) is 4.07. The van der Waals surface area contributed by atoms with Gasteiger partial charge in [0.15, 0.2) is 0 Å². The van der Waals surface area contributed by atoms with Gasteiger partial charge in [0.1, 0.15) is 5.65 Å². The maximum Gasteiger partial charge on any atom is 0.261 e. The van der Waals surface area contributed by atoms with Crippen LogP contribution in [-0.4, -0.2) is 41.3 Å². The molecule has 0 saturated carbocycles. The Morgan fingerprint density at radius 3 is 2.61 bits per heavy atom. The number of nitrogens with two attached hydrogens (primary N) is 1. The minimum atomic E-state index is -0.236. The number of H-pyrrole nitrogens is 2. The predicted molar refractivity (Wildman–Crippen MR) is 89.6 cm³/mol. The van der Waals surface area contributed by atoms with Gasteiger partial charge in [0.2, 0.25) is 5.95 Å². The van der Waals surface area contributed by atoms with Gasteiger partial charge in [0.25, 0.3) is 5.56 Å². The van der Waals surface area contributed by atoms with Crippen molar-refractivity contribution in [3.05, 3.63) is 40.7 Å². The van der Waals surface area contributed by atoms with E-state index in [-0.39, 0.29) is 11.5 Å². The minimum absolute atomic E-state index is 0.110. The summed E-state index contributed by atoms with van der Waals surface area (Å²) in [6, 6.07) is 10.0. The number of aromatic amines is 2. The summed E-state index contributed by atoms with van der Waals surface area (Å²) in [5.74, 6) is 0.110. The first-order valence-corrected chi connectivity index (χ1v) is 7.52. The van der Waals surface area contributed by atoms with Crippen LogP contribution in [0.15, 0.2) is 35.1 Å². The Bertz CT molecular complexity index is 891. The average Bonchev–Trinajstić information content (AvgIpc) is 3.00. The zero-order valence-corrected chi connectivity index (χ0v) is 12.5. The van der Waals surface area contributed by atoms with Gasteiger partial charge in [0, 0.05) is 24.5 Å². The largest absolute Gasteiger partial charge is 0.378 e. The van der Waals surface area contributed by atoms with E-state index in [9.17, 15) is 4.79 Å². The molecule has 4 rings (SSSR count). The molecule has 0 bridgehead atoms. The van der Waals surface area contributed by atoms with Gasteiger partial charge >= 0.3 is 0 Å². The fourth-order valence-electron chi connectivity index (χ4n) is 2.87. The molecule has 1 aliphatic rings.